The molecule has 0 unspecified atom stereocenters. The van der Waals surface area contributed by atoms with Crippen LogP contribution in [-0.2, 0) is 0 Å². The number of anilines is 1. The average molecular weight is 239 g/mol. The Kier molecular flexibility index (Phi) is 7.29. The standard InChI is InChI=1S/C8H9N3S.2C2H6/c1-5-4-10-8(11-5)6-2-3-7(9)12-6;2*1-2/h2-4H,9H2,1H3,(H,10,11);2*1-2H3. The Morgan fingerprint density at radius 1 is 1.19 bits per heavy atom. The van der Waals surface area contributed by atoms with Crippen LogP contribution in [0.5, 0.6) is 0 Å². The third kappa shape index (κ3) is 4.06. The lowest BCUT2D eigenvalue weighted by Crippen LogP contribution is -1.74. The van der Waals surface area contributed by atoms with Gasteiger partial charge in [-0.3, -0.25) is 0 Å². The molecule has 0 aliphatic heterocycles. The number of H-pyrrole nitrogens is 1. The zero-order chi connectivity index (χ0) is 12.6. The minimum Gasteiger partial charge on any atom is -0.391 e. The van der Waals surface area contributed by atoms with Crippen molar-refractivity contribution in [1.82, 2.24) is 9.97 Å². The first-order valence-corrected chi connectivity index (χ1v) is 6.44. The normalized spacial score (nSPS) is 8.56. The predicted octanol–water partition coefficient (Wildman–Crippen LogP) is 4.08. The molecule has 2 heterocycles. The van der Waals surface area contributed by atoms with Crippen molar-refractivity contribution in [2.75, 3.05) is 5.73 Å². The number of aromatic nitrogens is 2. The van der Waals surface area contributed by atoms with E-state index < -0.39 is 0 Å². The van der Waals surface area contributed by atoms with E-state index in [1.807, 2.05) is 52.9 Å². The second kappa shape index (κ2) is 7.93. The zero-order valence-electron chi connectivity index (χ0n) is 10.7. The van der Waals surface area contributed by atoms with Crippen molar-refractivity contribution >= 4 is 16.3 Å². The lowest BCUT2D eigenvalue weighted by molar-refractivity contribution is 1.26. The van der Waals surface area contributed by atoms with Crippen LogP contribution in [0.3, 0.4) is 0 Å². The number of aromatic amines is 1. The fraction of sp³-hybridized carbons (Fsp3) is 0.417. The molecule has 16 heavy (non-hydrogen) atoms. The Labute approximate surface area is 102 Å². The summed E-state index contributed by atoms with van der Waals surface area (Å²) in [5.41, 5.74) is 6.67. The van der Waals surface area contributed by atoms with Crippen LogP contribution in [0.2, 0.25) is 0 Å². The lowest BCUT2D eigenvalue weighted by Gasteiger charge is -1.87. The molecule has 0 spiro atoms. The van der Waals surface area contributed by atoms with Gasteiger partial charge in [0, 0.05) is 11.9 Å². The van der Waals surface area contributed by atoms with E-state index in [9.17, 15) is 0 Å². The first kappa shape index (κ1) is 14.7. The molecular formula is C12H21N3S. The van der Waals surface area contributed by atoms with E-state index in [-0.39, 0.29) is 0 Å². The van der Waals surface area contributed by atoms with Crippen molar-refractivity contribution in [2.24, 2.45) is 0 Å². The lowest BCUT2D eigenvalue weighted by atomic mass is 10.4. The number of nitrogens with two attached hydrogens (primary N) is 1. The van der Waals surface area contributed by atoms with Crippen molar-refractivity contribution in [3.63, 3.8) is 0 Å². The van der Waals surface area contributed by atoms with Crippen LogP contribution in [0.25, 0.3) is 10.7 Å². The molecule has 0 atom stereocenters. The average Bonchev–Trinajstić information content (AvgIpc) is 2.93. The highest BCUT2D eigenvalue weighted by atomic mass is 32.1. The van der Waals surface area contributed by atoms with Crippen LogP contribution in [-0.4, -0.2) is 9.97 Å². The van der Waals surface area contributed by atoms with Gasteiger partial charge in [0.2, 0.25) is 0 Å². The molecule has 90 valence electrons. The molecule has 2 aromatic rings. The summed E-state index contributed by atoms with van der Waals surface area (Å²) in [6.45, 7) is 9.98. The predicted molar refractivity (Wildman–Crippen MR) is 73.7 cm³/mol. The molecule has 0 bridgehead atoms. The first-order valence-electron chi connectivity index (χ1n) is 5.63. The highest BCUT2D eigenvalue weighted by molar-refractivity contribution is 7.19. The summed E-state index contributed by atoms with van der Waals surface area (Å²) in [4.78, 5) is 8.43. The van der Waals surface area contributed by atoms with Crippen LogP contribution < -0.4 is 5.73 Å². The van der Waals surface area contributed by atoms with Crippen LogP contribution in [0.4, 0.5) is 5.00 Å². The van der Waals surface area contributed by atoms with Crippen LogP contribution >= 0.6 is 11.3 Å². The van der Waals surface area contributed by atoms with Crippen molar-refractivity contribution in [3.8, 4) is 10.7 Å². The molecule has 2 aromatic heterocycles. The van der Waals surface area contributed by atoms with E-state index in [1.165, 1.54) is 11.3 Å². The van der Waals surface area contributed by atoms with Gasteiger partial charge in [-0.1, -0.05) is 27.7 Å². The number of hydrogen-bond acceptors (Lipinski definition) is 3. The highest BCUT2D eigenvalue weighted by Gasteiger charge is 2.03. The first-order chi connectivity index (χ1) is 7.75. The third-order valence-corrected chi connectivity index (χ3v) is 2.48. The van der Waals surface area contributed by atoms with Gasteiger partial charge in [0.25, 0.3) is 0 Å². The Hall–Kier alpha value is -1.29. The fourth-order valence-electron chi connectivity index (χ4n) is 1.02. The van der Waals surface area contributed by atoms with Crippen LogP contribution in [0.15, 0.2) is 18.3 Å². The Bertz CT molecular complexity index is 352. The topological polar surface area (TPSA) is 54.7 Å². The molecule has 0 aliphatic rings. The molecular weight excluding hydrogens is 218 g/mol. The molecule has 0 amide bonds. The van der Waals surface area contributed by atoms with Gasteiger partial charge < -0.3 is 10.7 Å². The van der Waals surface area contributed by atoms with Crippen molar-refractivity contribution in [2.45, 2.75) is 34.6 Å². The van der Waals surface area contributed by atoms with Gasteiger partial charge in [0.05, 0.1) is 9.88 Å². The molecule has 0 saturated heterocycles. The van der Waals surface area contributed by atoms with Crippen molar-refractivity contribution in [1.29, 1.82) is 0 Å². The number of nitrogens with one attached hydrogen (secondary N) is 1. The van der Waals surface area contributed by atoms with E-state index in [2.05, 4.69) is 9.97 Å². The Balaban J connectivity index is 0.000000509. The number of aryl methyl sites for hydroxylation is 1. The summed E-state index contributed by atoms with van der Waals surface area (Å²) < 4.78 is 0. The van der Waals surface area contributed by atoms with Gasteiger partial charge in [0.1, 0.15) is 5.82 Å². The summed E-state index contributed by atoms with van der Waals surface area (Å²) in [6, 6.07) is 3.86. The van der Waals surface area contributed by atoms with Gasteiger partial charge in [-0.15, -0.1) is 11.3 Å². The van der Waals surface area contributed by atoms with Gasteiger partial charge in [0.15, 0.2) is 0 Å². The van der Waals surface area contributed by atoms with Crippen molar-refractivity contribution in [3.05, 3.63) is 24.0 Å². The molecule has 0 aliphatic carbocycles. The van der Waals surface area contributed by atoms with Gasteiger partial charge in [-0.05, 0) is 19.1 Å². The second-order valence-electron chi connectivity index (χ2n) is 2.62. The maximum atomic E-state index is 5.60. The second-order valence-corrected chi connectivity index (χ2v) is 3.73. The van der Waals surface area contributed by atoms with E-state index in [0.29, 0.717) is 0 Å². The van der Waals surface area contributed by atoms with E-state index in [4.69, 9.17) is 5.73 Å². The summed E-state index contributed by atoms with van der Waals surface area (Å²) in [5.74, 6) is 0.897. The largest absolute Gasteiger partial charge is 0.391 e. The summed E-state index contributed by atoms with van der Waals surface area (Å²) in [5, 5.41) is 0.819. The number of thiophene rings is 1. The molecule has 3 nitrogen and oxygen atoms in total. The smallest absolute Gasteiger partial charge is 0.147 e. The quantitative estimate of drug-likeness (QED) is 0.787. The van der Waals surface area contributed by atoms with E-state index >= 15 is 0 Å². The molecule has 0 fully saturated rings. The van der Waals surface area contributed by atoms with Crippen molar-refractivity contribution < 1.29 is 0 Å². The molecule has 4 heteroatoms. The van der Waals surface area contributed by atoms with Gasteiger partial charge in [-0.2, -0.15) is 0 Å². The molecule has 0 aromatic carbocycles. The summed E-state index contributed by atoms with van der Waals surface area (Å²) in [6.07, 6.45) is 1.81. The molecule has 0 saturated carbocycles. The SMILES string of the molecule is CC.CC.Cc1cnc(-c2ccc(N)s2)[nH]1. The number of nitrogens with zero attached hydrogens (tertiary/aromatic N) is 1. The fourth-order valence-corrected chi connectivity index (χ4v) is 1.74. The summed E-state index contributed by atoms with van der Waals surface area (Å²) >= 11 is 1.54. The molecule has 3 N–H and O–H groups in total. The molecule has 2 rings (SSSR count). The number of nitrogen functional groups attached to an aromatic ring is 1. The summed E-state index contributed by atoms with van der Waals surface area (Å²) in [7, 11) is 0. The monoisotopic (exact) mass is 239 g/mol. The van der Waals surface area contributed by atoms with Crippen LogP contribution in [0, 0.1) is 6.92 Å². The Morgan fingerprint density at radius 3 is 2.19 bits per heavy atom. The van der Waals surface area contributed by atoms with E-state index in [0.717, 1.165) is 21.4 Å². The van der Waals surface area contributed by atoms with Crippen LogP contribution in [0.1, 0.15) is 33.4 Å². The number of imidazole rings is 1. The minimum atomic E-state index is 0.819. The number of hydrogen-bond donors (Lipinski definition) is 2. The van der Waals surface area contributed by atoms with Gasteiger partial charge in [-0.25, -0.2) is 4.98 Å². The number of rotatable bonds is 1. The minimum absolute atomic E-state index is 0.819. The highest BCUT2D eigenvalue weighted by Crippen LogP contribution is 2.26. The maximum absolute atomic E-state index is 5.60. The Morgan fingerprint density at radius 2 is 1.81 bits per heavy atom. The maximum Gasteiger partial charge on any atom is 0.147 e. The molecule has 0 radical (unpaired) electrons. The third-order valence-electron chi connectivity index (χ3n) is 1.56. The van der Waals surface area contributed by atoms with Gasteiger partial charge >= 0.3 is 0 Å². The zero-order valence-corrected chi connectivity index (χ0v) is 11.5. The van der Waals surface area contributed by atoms with E-state index in [1.54, 1.807) is 0 Å².